The highest BCUT2D eigenvalue weighted by molar-refractivity contribution is 6.22. The smallest absolute Gasteiger partial charge is 0.328 e. The van der Waals surface area contributed by atoms with Gasteiger partial charge >= 0.3 is 6.03 Å². The number of aromatic nitrogens is 2. The van der Waals surface area contributed by atoms with Gasteiger partial charge in [0, 0.05) is 17.7 Å². The quantitative estimate of drug-likeness (QED) is 0.479. The lowest BCUT2D eigenvalue weighted by atomic mass is 9.75. The zero-order valence-corrected chi connectivity index (χ0v) is 18.4. The molecule has 9 heteroatoms. The molecular weight excluding hydrogens is 436 g/mol. The molecular formula is C25H24N4O5. The van der Waals surface area contributed by atoms with Gasteiger partial charge in [-0.1, -0.05) is 19.3 Å². The summed E-state index contributed by atoms with van der Waals surface area (Å²) in [6.45, 7) is 0. The molecule has 4 amide bonds. The van der Waals surface area contributed by atoms with Gasteiger partial charge in [-0.3, -0.25) is 25.3 Å². The van der Waals surface area contributed by atoms with Crippen LogP contribution in [-0.2, 0) is 9.59 Å². The number of amides is 4. The number of barbiturate groups is 1. The van der Waals surface area contributed by atoms with Crippen molar-refractivity contribution in [2.45, 2.75) is 37.7 Å². The van der Waals surface area contributed by atoms with E-state index in [1.165, 1.54) is 0 Å². The number of nitrogens with one attached hydrogen (secondary N) is 3. The van der Waals surface area contributed by atoms with Crippen molar-refractivity contribution < 1.29 is 23.9 Å². The highest BCUT2D eigenvalue weighted by atomic mass is 16.5. The molecule has 174 valence electrons. The van der Waals surface area contributed by atoms with Crippen LogP contribution >= 0.6 is 0 Å². The molecule has 1 aromatic heterocycles. The number of nitrogens with zero attached hydrogens (tertiary/aromatic N) is 1. The van der Waals surface area contributed by atoms with Crippen molar-refractivity contribution in [3.63, 3.8) is 0 Å². The molecule has 3 N–H and O–H groups in total. The predicted octanol–water partition coefficient (Wildman–Crippen LogP) is 3.93. The molecule has 0 spiro atoms. The molecule has 2 aromatic carbocycles. The SMILES string of the molecule is O=C1NC(=O)C(Oc2ccc(Oc3ccc(-c4cc[nH]n4)cc3)cc2)(C2CCCCC2)C(=O)N1. The van der Waals surface area contributed by atoms with E-state index in [1.807, 2.05) is 30.3 Å². The molecule has 1 aliphatic heterocycles. The van der Waals surface area contributed by atoms with Gasteiger partial charge in [-0.05, 0) is 67.4 Å². The minimum atomic E-state index is -1.78. The van der Waals surface area contributed by atoms with Crippen molar-refractivity contribution in [3.8, 4) is 28.5 Å². The van der Waals surface area contributed by atoms with Crippen LogP contribution in [0.5, 0.6) is 17.2 Å². The van der Waals surface area contributed by atoms with Gasteiger partial charge in [0.25, 0.3) is 17.4 Å². The number of aromatic amines is 1. The van der Waals surface area contributed by atoms with Crippen molar-refractivity contribution in [3.05, 3.63) is 60.8 Å². The van der Waals surface area contributed by atoms with Crippen molar-refractivity contribution >= 4 is 17.8 Å². The van der Waals surface area contributed by atoms with Crippen LogP contribution in [0.4, 0.5) is 4.79 Å². The average Bonchev–Trinajstić information content (AvgIpc) is 3.39. The van der Waals surface area contributed by atoms with E-state index in [9.17, 15) is 14.4 Å². The normalized spacial score (nSPS) is 18.2. The number of benzene rings is 2. The molecule has 1 aliphatic carbocycles. The number of ether oxygens (including phenoxy) is 2. The second-order valence-corrected chi connectivity index (χ2v) is 8.47. The molecule has 1 saturated carbocycles. The van der Waals surface area contributed by atoms with Gasteiger partial charge in [0.05, 0.1) is 5.69 Å². The summed E-state index contributed by atoms with van der Waals surface area (Å²) in [5.41, 5.74) is 0.0315. The highest BCUT2D eigenvalue weighted by Gasteiger charge is 2.58. The number of carbonyl (C=O) groups is 3. The number of urea groups is 1. The van der Waals surface area contributed by atoms with E-state index in [1.54, 1.807) is 30.5 Å². The van der Waals surface area contributed by atoms with Crippen molar-refractivity contribution in [2.75, 3.05) is 0 Å². The third-order valence-electron chi connectivity index (χ3n) is 6.30. The Labute approximate surface area is 195 Å². The molecule has 34 heavy (non-hydrogen) atoms. The maximum absolute atomic E-state index is 12.9. The Morgan fingerprint density at radius 3 is 1.94 bits per heavy atom. The van der Waals surface area contributed by atoms with Crippen molar-refractivity contribution in [1.29, 1.82) is 0 Å². The number of hydrogen-bond acceptors (Lipinski definition) is 6. The molecule has 0 radical (unpaired) electrons. The Hall–Kier alpha value is -4.14. The summed E-state index contributed by atoms with van der Waals surface area (Å²) in [7, 11) is 0. The van der Waals surface area contributed by atoms with Crippen LogP contribution in [0.2, 0.25) is 0 Å². The Morgan fingerprint density at radius 1 is 0.765 bits per heavy atom. The molecule has 2 heterocycles. The van der Waals surface area contributed by atoms with Gasteiger partial charge in [0.1, 0.15) is 17.2 Å². The van der Waals surface area contributed by atoms with Crippen LogP contribution in [0.3, 0.4) is 0 Å². The zero-order valence-electron chi connectivity index (χ0n) is 18.4. The monoisotopic (exact) mass is 460 g/mol. The lowest BCUT2D eigenvalue weighted by Crippen LogP contribution is -2.72. The first-order valence-corrected chi connectivity index (χ1v) is 11.3. The summed E-state index contributed by atoms with van der Waals surface area (Å²) in [4.78, 5) is 37.5. The standard InChI is InChI=1S/C25H24N4O5/c30-22-25(17-4-2-1-3-5-17,23(31)28-24(32)27-22)34-20-12-10-19(11-13-20)33-18-8-6-16(7-9-18)21-14-15-26-29-21/h6-15,17H,1-5H2,(H,26,29)(H2,27,28,30,31,32). The first-order chi connectivity index (χ1) is 16.5. The summed E-state index contributed by atoms with van der Waals surface area (Å²) in [6.07, 6.45) is 5.95. The summed E-state index contributed by atoms with van der Waals surface area (Å²) >= 11 is 0. The molecule has 2 fully saturated rings. The van der Waals surface area contributed by atoms with Gasteiger partial charge < -0.3 is 9.47 Å². The Morgan fingerprint density at radius 2 is 1.35 bits per heavy atom. The van der Waals surface area contributed by atoms with Gasteiger partial charge in [0.2, 0.25) is 0 Å². The first kappa shape index (κ1) is 21.7. The Balaban J connectivity index is 1.33. The Bertz CT molecular complexity index is 1160. The van der Waals surface area contributed by atoms with Gasteiger partial charge in [-0.2, -0.15) is 5.10 Å². The molecule has 0 bridgehead atoms. The van der Waals surface area contributed by atoms with E-state index < -0.39 is 23.4 Å². The van der Waals surface area contributed by atoms with E-state index in [-0.39, 0.29) is 5.92 Å². The summed E-state index contributed by atoms with van der Waals surface area (Å²) in [5.74, 6) is -0.198. The highest BCUT2D eigenvalue weighted by Crippen LogP contribution is 2.38. The fourth-order valence-corrected chi connectivity index (χ4v) is 4.59. The molecule has 9 nitrogen and oxygen atoms in total. The molecule has 5 rings (SSSR count). The maximum Gasteiger partial charge on any atom is 0.328 e. The van der Waals surface area contributed by atoms with Crippen LogP contribution in [0.1, 0.15) is 32.1 Å². The molecule has 3 aromatic rings. The van der Waals surface area contributed by atoms with Crippen LogP contribution in [-0.4, -0.2) is 33.6 Å². The number of rotatable bonds is 6. The summed E-state index contributed by atoms with van der Waals surface area (Å²) in [5, 5.41) is 11.4. The number of hydrogen-bond donors (Lipinski definition) is 3. The van der Waals surface area contributed by atoms with E-state index >= 15 is 0 Å². The largest absolute Gasteiger partial charge is 0.467 e. The molecule has 0 atom stereocenters. The molecule has 0 unspecified atom stereocenters. The maximum atomic E-state index is 12.9. The molecule has 1 saturated heterocycles. The van der Waals surface area contributed by atoms with Crippen molar-refractivity contribution in [2.24, 2.45) is 5.92 Å². The third kappa shape index (κ3) is 4.12. The minimum absolute atomic E-state index is 0.321. The number of H-pyrrole nitrogens is 1. The van der Waals surface area contributed by atoms with Crippen molar-refractivity contribution in [1.82, 2.24) is 20.8 Å². The fourth-order valence-electron chi connectivity index (χ4n) is 4.59. The second kappa shape index (κ2) is 9.01. The predicted molar refractivity (Wildman–Crippen MR) is 122 cm³/mol. The van der Waals surface area contributed by atoms with Crippen LogP contribution in [0, 0.1) is 5.92 Å². The van der Waals surface area contributed by atoms with Gasteiger partial charge in [-0.15, -0.1) is 0 Å². The van der Waals surface area contributed by atoms with E-state index in [0.717, 1.165) is 30.5 Å². The fraction of sp³-hybridized carbons (Fsp3) is 0.280. The zero-order chi connectivity index (χ0) is 23.5. The van der Waals surface area contributed by atoms with Gasteiger partial charge in [-0.25, -0.2) is 4.79 Å². The number of imide groups is 2. The summed E-state index contributed by atoms with van der Waals surface area (Å²) < 4.78 is 12.0. The summed E-state index contributed by atoms with van der Waals surface area (Å²) in [6, 6.07) is 15.3. The lowest BCUT2D eigenvalue weighted by Gasteiger charge is -2.41. The van der Waals surface area contributed by atoms with Crippen LogP contribution in [0.15, 0.2) is 60.8 Å². The second-order valence-electron chi connectivity index (χ2n) is 8.47. The van der Waals surface area contributed by atoms with Gasteiger partial charge in [0.15, 0.2) is 0 Å². The lowest BCUT2D eigenvalue weighted by molar-refractivity contribution is -0.158. The first-order valence-electron chi connectivity index (χ1n) is 11.3. The van der Waals surface area contributed by atoms with E-state index in [4.69, 9.17) is 9.47 Å². The molecule has 2 aliphatic rings. The Kier molecular flexibility index (Phi) is 5.75. The third-order valence-corrected chi connectivity index (χ3v) is 6.30. The van der Waals surface area contributed by atoms with Crippen LogP contribution in [0.25, 0.3) is 11.3 Å². The van der Waals surface area contributed by atoms with Crippen LogP contribution < -0.4 is 20.1 Å². The van der Waals surface area contributed by atoms with E-state index in [0.29, 0.717) is 30.1 Å². The van der Waals surface area contributed by atoms with E-state index in [2.05, 4.69) is 20.8 Å². The average molecular weight is 460 g/mol. The number of carbonyl (C=O) groups excluding carboxylic acids is 3. The topological polar surface area (TPSA) is 122 Å². The minimum Gasteiger partial charge on any atom is -0.467 e.